The zero-order valence-corrected chi connectivity index (χ0v) is 13.0. The fourth-order valence-electron chi connectivity index (χ4n) is 2.94. The van der Waals surface area contributed by atoms with Crippen LogP contribution in [0.25, 0.3) is 0 Å². The molecule has 0 bridgehead atoms. The maximum absolute atomic E-state index is 11.9. The zero-order chi connectivity index (χ0) is 15.9. The number of benzene rings is 1. The molecule has 0 unspecified atom stereocenters. The van der Waals surface area contributed by atoms with Crippen LogP contribution in [0.4, 0.5) is 10.5 Å². The Morgan fingerprint density at radius 1 is 1.41 bits per heavy atom. The molecule has 1 amide bonds. The van der Waals surface area contributed by atoms with E-state index in [1.165, 1.54) is 0 Å². The highest BCUT2D eigenvalue weighted by Gasteiger charge is 2.47. The van der Waals surface area contributed by atoms with Gasteiger partial charge in [-0.15, -0.1) is 0 Å². The number of alkyl carbamates (subject to hydrolysis) is 1. The lowest BCUT2D eigenvalue weighted by molar-refractivity contribution is 0.0444. The number of hydrogen-bond donors (Lipinski definition) is 3. The molecular weight excluding hydrogens is 284 g/mol. The number of fused-ring (bicyclic) bond motifs is 2. The fourth-order valence-corrected chi connectivity index (χ4v) is 2.94. The molecule has 2 aliphatic rings. The van der Waals surface area contributed by atoms with Crippen LogP contribution in [-0.4, -0.2) is 41.1 Å². The van der Waals surface area contributed by atoms with Crippen LogP contribution >= 0.6 is 0 Å². The molecule has 0 saturated heterocycles. The van der Waals surface area contributed by atoms with Gasteiger partial charge in [-0.3, -0.25) is 0 Å². The van der Waals surface area contributed by atoms with E-state index in [1.807, 2.05) is 24.3 Å². The first-order valence-corrected chi connectivity index (χ1v) is 7.53. The lowest BCUT2D eigenvalue weighted by atomic mass is 10.1. The summed E-state index contributed by atoms with van der Waals surface area (Å²) in [5.41, 5.74) is 0.298. The maximum Gasteiger partial charge on any atom is 0.407 e. The third-order valence-electron chi connectivity index (χ3n) is 3.86. The second-order valence-corrected chi connectivity index (χ2v) is 6.80. The lowest BCUT2D eigenvalue weighted by Crippen LogP contribution is -2.48. The summed E-state index contributed by atoms with van der Waals surface area (Å²) in [7, 11) is 0. The number of rotatable bonds is 1. The van der Waals surface area contributed by atoms with Gasteiger partial charge >= 0.3 is 6.09 Å². The molecule has 1 aromatic rings. The summed E-state index contributed by atoms with van der Waals surface area (Å²) in [5.74, 6) is 0.772. The van der Waals surface area contributed by atoms with Gasteiger partial charge in [0.05, 0.1) is 23.9 Å². The summed E-state index contributed by atoms with van der Waals surface area (Å²) in [5, 5.41) is 16.5. The average molecular weight is 306 g/mol. The standard InChI is InChI=1S/C16H22N2O4/c1-16(2,3)22-15(20)18-10-8-12-13(14(10)19)17-9-6-4-5-7-11(9)21-12/h4-7,10,12-14,17,19H,8H2,1-3H3,(H,18,20)/t10-,12-,13-,14-/m1/s1. The molecule has 1 heterocycles. The topological polar surface area (TPSA) is 79.8 Å². The molecule has 1 aliphatic carbocycles. The summed E-state index contributed by atoms with van der Waals surface area (Å²) < 4.78 is 11.2. The summed E-state index contributed by atoms with van der Waals surface area (Å²) in [6.45, 7) is 5.41. The van der Waals surface area contributed by atoms with Crippen LogP contribution in [0.3, 0.4) is 0 Å². The summed E-state index contributed by atoms with van der Waals surface area (Å²) in [4.78, 5) is 11.9. The smallest absolute Gasteiger partial charge is 0.407 e. The van der Waals surface area contributed by atoms with E-state index in [0.29, 0.717) is 6.42 Å². The van der Waals surface area contributed by atoms with Crippen LogP contribution in [0.2, 0.25) is 0 Å². The van der Waals surface area contributed by atoms with Gasteiger partial charge in [-0.05, 0) is 32.9 Å². The minimum absolute atomic E-state index is 0.176. The van der Waals surface area contributed by atoms with Crippen LogP contribution in [0.5, 0.6) is 5.75 Å². The highest BCUT2D eigenvalue weighted by atomic mass is 16.6. The van der Waals surface area contributed by atoms with Crippen LogP contribution < -0.4 is 15.4 Å². The van der Waals surface area contributed by atoms with E-state index in [1.54, 1.807) is 20.8 Å². The normalized spacial score (nSPS) is 29.6. The van der Waals surface area contributed by atoms with Crippen LogP contribution in [-0.2, 0) is 4.74 Å². The monoisotopic (exact) mass is 306 g/mol. The van der Waals surface area contributed by atoms with Crippen molar-refractivity contribution < 1.29 is 19.4 Å². The second-order valence-electron chi connectivity index (χ2n) is 6.80. The molecule has 22 heavy (non-hydrogen) atoms. The van der Waals surface area contributed by atoms with E-state index in [2.05, 4.69) is 10.6 Å². The SMILES string of the molecule is CC(C)(C)OC(=O)N[C@@H]1C[C@H]2Oc3ccccc3N[C@H]2[C@@H]1O. The van der Waals surface area contributed by atoms with Gasteiger partial charge in [0.15, 0.2) is 0 Å². The molecule has 1 aromatic carbocycles. The fraction of sp³-hybridized carbons (Fsp3) is 0.562. The third kappa shape index (κ3) is 2.97. The van der Waals surface area contributed by atoms with Gasteiger partial charge in [-0.2, -0.15) is 0 Å². The number of carbonyl (C=O) groups excluding carboxylic acids is 1. The van der Waals surface area contributed by atoms with E-state index in [9.17, 15) is 9.90 Å². The zero-order valence-electron chi connectivity index (χ0n) is 13.0. The predicted molar refractivity (Wildman–Crippen MR) is 82.1 cm³/mol. The number of nitrogens with one attached hydrogen (secondary N) is 2. The van der Waals surface area contributed by atoms with E-state index in [-0.39, 0.29) is 12.1 Å². The van der Waals surface area contributed by atoms with Crippen molar-refractivity contribution in [2.24, 2.45) is 0 Å². The number of aliphatic hydroxyl groups is 1. The highest BCUT2D eigenvalue weighted by Crippen LogP contribution is 2.37. The molecule has 0 aromatic heterocycles. The van der Waals surface area contributed by atoms with Crippen molar-refractivity contribution in [1.29, 1.82) is 0 Å². The van der Waals surface area contributed by atoms with Gasteiger partial charge in [0.2, 0.25) is 0 Å². The first kappa shape index (κ1) is 15.0. The number of amides is 1. The van der Waals surface area contributed by atoms with Crippen molar-refractivity contribution in [3.8, 4) is 5.75 Å². The van der Waals surface area contributed by atoms with Crippen molar-refractivity contribution >= 4 is 11.8 Å². The van der Waals surface area contributed by atoms with E-state index >= 15 is 0 Å². The summed E-state index contributed by atoms with van der Waals surface area (Å²) in [6.07, 6.45) is -0.893. The average Bonchev–Trinajstić information content (AvgIpc) is 2.70. The number of para-hydroxylation sites is 2. The van der Waals surface area contributed by atoms with Crippen molar-refractivity contribution in [1.82, 2.24) is 5.32 Å². The van der Waals surface area contributed by atoms with Crippen molar-refractivity contribution in [2.75, 3.05) is 5.32 Å². The molecule has 1 saturated carbocycles. The Morgan fingerprint density at radius 2 is 2.14 bits per heavy atom. The predicted octanol–water partition coefficient (Wildman–Crippen LogP) is 1.89. The molecule has 4 atom stereocenters. The van der Waals surface area contributed by atoms with Gasteiger partial charge in [-0.25, -0.2) is 4.79 Å². The quantitative estimate of drug-likeness (QED) is 0.738. The largest absolute Gasteiger partial charge is 0.486 e. The first-order valence-electron chi connectivity index (χ1n) is 7.53. The highest BCUT2D eigenvalue weighted by molar-refractivity contribution is 5.68. The molecule has 1 aliphatic heterocycles. The number of hydrogen-bond acceptors (Lipinski definition) is 5. The molecule has 1 fully saturated rings. The Morgan fingerprint density at radius 3 is 2.86 bits per heavy atom. The molecular formula is C16H22N2O4. The number of ether oxygens (including phenoxy) is 2. The van der Waals surface area contributed by atoms with Crippen LogP contribution in [0, 0.1) is 0 Å². The molecule has 6 heteroatoms. The Labute approximate surface area is 129 Å². The van der Waals surface area contributed by atoms with Crippen LogP contribution in [0.1, 0.15) is 27.2 Å². The minimum atomic E-state index is -0.731. The van der Waals surface area contributed by atoms with E-state index in [0.717, 1.165) is 11.4 Å². The van der Waals surface area contributed by atoms with Gasteiger partial charge in [-0.1, -0.05) is 12.1 Å². The molecule has 3 N–H and O–H groups in total. The van der Waals surface area contributed by atoms with Crippen LogP contribution in [0.15, 0.2) is 24.3 Å². The Balaban J connectivity index is 1.66. The minimum Gasteiger partial charge on any atom is -0.486 e. The molecule has 120 valence electrons. The Hall–Kier alpha value is -1.95. The van der Waals surface area contributed by atoms with Gasteiger partial charge in [0.25, 0.3) is 0 Å². The molecule has 0 radical (unpaired) electrons. The molecule has 6 nitrogen and oxygen atoms in total. The Bertz CT molecular complexity index is 570. The number of carbonyl (C=O) groups is 1. The molecule has 3 rings (SSSR count). The first-order chi connectivity index (χ1) is 10.3. The van der Waals surface area contributed by atoms with Gasteiger partial charge in [0, 0.05) is 6.42 Å². The summed E-state index contributed by atoms with van der Waals surface area (Å²) in [6, 6.07) is 6.98. The van der Waals surface area contributed by atoms with Gasteiger partial charge < -0.3 is 25.2 Å². The molecule has 0 spiro atoms. The lowest BCUT2D eigenvalue weighted by Gasteiger charge is -2.31. The number of aliphatic hydroxyl groups excluding tert-OH is 1. The third-order valence-corrected chi connectivity index (χ3v) is 3.86. The number of anilines is 1. The maximum atomic E-state index is 11.9. The van der Waals surface area contributed by atoms with Crippen molar-refractivity contribution in [2.45, 2.75) is 57.1 Å². The van der Waals surface area contributed by atoms with E-state index < -0.39 is 23.8 Å². The summed E-state index contributed by atoms with van der Waals surface area (Å²) >= 11 is 0. The van der Waals surface area contributed by atoms with Gasteiger partial charge in [0.1, 0.15) is 17.5 Å². The second kappa shape index (κ2) is 5.35. The van der Waals surface area contributed by atoms with Crippen molar-refractivity contribution in [3.05, 3.63) is 24.3 Å². The van der Waals surface area contributed by atoms with E-state index in [4.69, 9.17) is 9.47 Å². The van der Waals surface area contributed by atoms with Crippen molar-refractivity contribution in [3.63, 3.8) is 0 Å². The Kier molecular flexibility index (Phi) is 3.64.